The van der Waals surface area contributed by atoms with Crippen molar-refractivity contribution in [3.8, 4) is 0 Å². The van der Waals surface area contributed by atoms with Crippen molar-refractivity contribution in [1.29, 1.82) is 0 Å². The first-order valence-electron chi connectivity index (χ1n) is 6.43. The van der Waals surface area contributed by atoms with Gasteiger partial charge in [-0.15, -0.1) is 0 Å². The van der Waals surface area contributed by atoms with Gasteiger partial charge in [-0.05, 0) is 43.2 Å². The summed E-state index contributed by atoms with van der Waals surface area (Å²) in [6.45, 7) is 5.09. The van der Waals surface area contributed by atoms with E-state index in [9.17, 15) is 0 Å². The first-order chi connectivity index (χ1) is 9.19. The third-order valence-corrected chi connectivity index (χ3v) is 3.00. The van der Waals surface area contributed by atoms with Crippen molar-refractivity contribution in [3.63, 3.8) is 0 Å². The molecule has 1 heterocycles. The van der Waals surface area contributed by atoms with Crippen molar-refractivity contribution in [3.05, 3.63) is 47.0 Å². The first kappa shape index (κ1) is 13.7. The van der Waals surface area contributed by atoms with Gasteiger partial charge < -0.3 is 10.6 Å². The highest BCUT2D eigenvalue weighted by atomic mass is 35.5. The molecular formula is C15H18ClN3. The Morgan fingerprint density at radius 2 is 1.95 bits per heavy atom. The number of aromatic nitrogens is 1. The van der Waals surface area contributed by atoms with Gasteiger partial charge in [0.15, 0.2) is 0 Å². The lowest BCUT2D eigenvalue weighted by Gasteiger charge is -2.11. The van der Waals surface area contributed by atoms with Crippen LogP contribution in [0.5, 0.6) is 0 Å². The van der Waals surface area contributed by atoms with Gasteiger partial charge in [-0.1, -0.05) is 30.7 Å². The minimum Gasteiger partial charge on any atom is -0.370 e. The van der Waals surface area contributed by atoms with Crippen molar-refractivity contribution < 1.29 is 0 Å². The highest BCUT2D eigenvalue weighted by Crippen LogP contribution is 2.23. The largest absolute Gasteiger partial charge is 0.370 e. The molecule has 0 spiro atoms. The summed E-state index contributed by atoms with van der Waals surface area (Å²) in [5.41, 5.74) is 2.12. The number of pyridine rings is 1. The molecule has 2 aromatic rings. The number of benzene rings is 1. The predicted molar refractivity (Wildman–Crippen MR) is 82.5 cm³/mol. The molecule has 19 heavy (non-hydrogen) atoms. The van der Waals surface area contributed by atoms with Crippen LogP contribution in [0.15, 0.2) is 36.4 Å². The molecule has 0 bridgehead atoms. The Morgan fingerprint density at radius 1 is 1.16 bits per heavy atom. The quantitative estimate of drug-likeness (QED) is 0.837. The second-order valence-corrected chi connectivity index (χ2v) is 4.86. The van der Waals surface area contributed by atoms with Crippen molar-refractivity contribution in [2.75, 3.05) is 17.2 Å². The van der Waals surface area contributed by atoms with Crippen molar-refractivity contribution in [2.24, 2.45) is 0 Å². The SMILES string of the molecule is CCCNc1cccc(Nc2cc(Cl)ccc2C)n1. The number of rotatable bonds is 5. The molecule has 1 aromatic carbocycles. The van der Waals surface area contributed by atoms with Gasteiger partial charge in [0, 0.05) is 17.3 Å². The van der Waals surface area contributed by atoms with E-state index >= 15 is 0 Å². The molecule has 0 atom stereocenters. The molecule has 0 aliphatic heterocycles. The van der Waals surface area contributed by atoms with Crippen LogP contribution in [0.3, 0.4) is 0 Å². The normalized spacial score (nSPS) is 10.3. The Kier molecular flexibility index (Phi) is 4.63. The van der Waals surface area contributed by atoms with E-state index in [0.29, 0.717) is 5.02 Å². The molecule has 0 radical (unpaired) electrons. The van der Waals surface area contributed by atoms with E-state index in [-0.39, 0.29) is 0 Å². The zero-order valence-corrected chi connectivity index (χ0v) is 12.0. The van der Waals surface area contributed by atoms with Crippen molar-refractivity contribution >= 4 is 28.9 Å². The van der Waals surface area contributed by atoms with Crippen LogP contribution >= 0.6 is 11.6 Å². The van der Waals surface area contributed by atoms with Crippen LogP contribution < -0.4 is 10.6 Å². The topological polar surface area (TPSA) is 37.0 Å². The van der Waals surface area contributed by atoms with Crippen LogP contribution in [0.1, 0.15) is 18.9 Å². The van der Waals surface area contributed by atoms with Crippen LogP contribution in [0, 0.1) is 6.92 Å². The lowest BCUT2D eigenvalue weighted by Crippen LogP contribution is -2.03. The summed E-state index contributed by atoms with van der Waals surface area (Å²) in [6, 6.07) is 11.7. The van der Waals surface area contributed by atoms with Crippen LogP contribution in [0.25, 0.3) is 0 Å². The van der Waals surface area contributed by atoms with Gasteiger partial charge in [0.25, 0.3) is 0 Å². The maximum absolute atomic E-state index is 6.01. The van der Waals surface area contributed by atoms with E-state index in [2.05, 4.69) is 22.5 Å². The Labute approximate surface area is 119 Å². The first-order valence-corrected chi connectivity index (χ1v) is 6.81. The molecule has 2 rings (SSSR count). The maximum Gasteiger partial charge on any atom is 0.132 e. The number of aryl methyl sites for hydroxylation is 1. The van der Waals surface area contributed by atoms with Gasteiger partial charge >= 0.3 is 0 Å². The molecule has 3 nitrogen and oxygen atoms in total. The lowest BCUT2D eigenvalue weighted by atomic mass is 10.2. The molecule has 4 heteroatoms. The molecule has 0 aliphatic rings. The second kappa shape index (κ2) is 6.43. The van der Waals surface area contributed by atoms with Crippen LogP contribution in [-0.4, -0.2) is 11.5 Å². The van der Waals surface area contributed by atoms with E-state index in [1.807, 2.05) is 43.3 Å². The number of nitrogens with zero attached hydrogens (tertiary/aromatic N) is 1. The molecule has 0 fully saturated rings. The van der Waals surface area contributed by atoms with Gasteiger partial charge in [-0.2, -0.15) is 0 Å². The van der Waals surface area contributed by atoms with Gasteiger partial charge in [0.2, 0.25) is 0 Å². The smallest absolute Gasteiger partial charge is 0.132 e. The van der Waals surface area contributed by atoms with Gasteiger partial charge in [-0.25, -0.2) is 4.98 Å². The van der Waals surface area contributed by atoms with Crippen LogP contribution in [-0.2, 0) is 0 Å². The zero-order valence-electron chi connectivity index (χ0n) is 11.2. The molecule has 0 saturated carbocycles. The Bertz CT molecular complexity index is 555. The number of hydrogen-bond acceptors (Lipinski definition) is 3. The second-order valence-electron chi connectivity index (χ2n) is 4.42. The van der Waals surface area contributed by atoms with E-state index in [1.165, 1.54) is 0 Å². The molecule has 100 valence electrons. The summed E-state index contributed by atoms with van der Waals surface area (Å²) >= 11 is 6.01. The fourth-order valence-corrected chi connectivity index (χ4v) is 1.89. The molecular weight excluding hydrogens is 258 g/mol. The summed E-state index contributed by atoms with van der Waals surface area (Å²) in [7, 11) is 0. The lowest BCUT2D eigenvalue weighted by molar-refractivity contribution is 0.970. The minimum atomic E-state index is 0.716. The van der Waals surface area contributed by atoms with Gasteiger partial charge in [0.05, 0.1) is 0 Å². The number of halogens is 1. The van der Waals surface area contributed by atoms with E-state index < -0.39 is 0 Å². The summed E-state index contributed by atoms with van der Waals surface area (Å²) < 4.78 is 0. The molecule has 2 N–H and O–H groups in total. The van der Waals surface area contributed by atoms with E-state index in [4.69, 9.17) is 11.6 Å². The Hall–Kier alpha value is -1.74. The van der Waals surface area contributed by atoms with Crippen molar-refractivity contribution in [1.82, 2.24) is 4.98 Å². The summed E-state index contributed by atoms with van der Waals surface area (Å²) in [6.07, 6.45) is 1.08. The summed E-state index contributed by atoms with van der Waals surface area (Å²) in [5, 5.41) is 7.28. The average Bonchev–Trinajstić information content (AvgIpc) is 2.41. The summed E-state index contributed by atoms with van der Waals surface area (Å²) in [5.74, 6) is 1.69. The van der Waals surface area contributed by atoms with Crippen LogP contribution in [0.4, 0.5) is 17.3 Å². The minimum absolute atomic E-state index is 0.716. The Balaban J connectivity index is 2.16. The maximum atomic E-state index is 6.01. The average molecular weight is 276 g/mol. The number of anilines is 3. The third kappa shape index (κ3) is 3.86. The number of hydrogen-bond donors (Lipinski definition) is 2. The molecule has 0 unspecified atom stereocenters. The molecule has 1 aromatic heterocycles. The standard InChI is InChI=1S/C15H18ClN3/c1-3-9-17-14-5-4-6-15(19-14)18-13-10-12(16)8-7-11(13)2/h4-8,10H,3,9H2,1-2H3,(H2,17,18,19). The molecule has 0 saturated heterocycles. The van der Waals surface area contributed by atoms with Gasteiger partial charge in [-0.3, -0.25) is 0 Å². The predicted octanol–water partition coefficient (Wildman–Crippen LogP) is 4.61. The fourth-order valence-electron chi connectivity index (χ4n) is 1.72. The van der Waals surface area contributed by atoms with Crippen LogP contribution in [0.2, 0.25) is 5.02 Å². The number of nitrogens with one attached hydrogen (secondary N) is 2. The summed E-state index contributed by atoms with van der Waals surface area (Å²) in [4.78, 5) is 4.51. The zero-order chi connectivity index (χ0) is 13.7. The fraction of sp³-hybridized carbons (Fsp3) is 0.267. The molecule has 0 aliphatic carbocycles. The van der Waals surface area contributed by atoms with E-state index in [0.717, 1.165) is 35.9 Å². The van der Waals surface area contributed by atoms with Gasteiger partial charge in [0.1, 0.15) is 11.6 Å². The highest BCUT2D eigenvalue weighted by Gasteiger charge is 2.02. The third-order valence-electron chi connectivity index (χ3n) is 2.77. The van der Waals surface area contributed by atoms with E-state index in [1.54, 1.807) is 0 Å². The highest BCUT2D eigenvalue weighted by molar-refractivity contribution is 6.30. The Morgan fingerprint density at radius 3 is 2.74 bits per heavy atom. The monoisotopic (exact) mass is 275 g/mol. The molecule has 0 amide bonds. The van der Waals surface area contributed by atoms with Crippen molar-refractivity contribution in [2.45, 2.75) is 20.3 Å².